The van der Waals surface area contributed by atoms with Crippen LogP contribution in [0.4, 0.5) is 0 Å². The van der Waals surface area contributed by atoms with Crippen LogP contribution in [0.15, 0.2) is 29.6 Å². The zero-order valence-electron chi connectivity index (χ0n) is 12.9. The molecule has 1 aromatic heterocycles. The van der Waals surface area contributed by atoms with E-state index in [1.54, 1.807) is 7.11 Å². The summed E-state index contributed by atoms with van der Waals surface area (Å²) in [6.07, 6.45) is 0.513. The monoisotopic (exact) mass is 334 g/mol. The Morgan fingerprint density at radius 1 is 1.35 bits per heavy atom. The zero-order valence-corrected chi connectivity index (χ0v) is 13.7. The minimum Gasteiger partial charge on any atom is -0.497 e. The summed E-state index contributed by atoms with van der Waals surface area (Å²) in [5, 5.41) is 13.9. The number of nitrogens with one attached hydrogen (secondary N) is 1. The first-order valence-corrected chi connectivity index (χ1v) is 7.98. The number of methoxy groups -OCH3 is 1. The van der Waals surface area contributed by atoms with Crippen LogP contribution in [0.5, 0.6) is 5.75 Å². The van der Waals surface area contributed by atoms with E-state index in [1.807, 2.05) is 31.2 Å². The van der Waals surface area contributed by atoms with Gasteiger partial charge in [0.15, 0.2) is 5.69 Å². The Hall–Kier alpha value is -2.41. The van der Waals surface area contributed by atoms with Gasteiger partial charge in [0.05, 0.1) is 18.0 Å². The maximum Gasteiger partial charge on any atom is 0.355 e. The van der Waals surface area contributed by atoms with Crippen LogP contribution < -0.4 is 10.1 Å². The third-order valence-corrected chi connectivity index (χ3v) is 4.33. The highest BCUT2D eigenvalue weighted by molar-refractivity contribution is 7.09. The molecule has 0 bridgehead atoms. The lowest BCUT2D eigenvalue weighted by Gasteiger charge is -2.12. The van der Waals surface area contributed by atoms with E-state index < -0.39 is 5.97 Å². The van der Waals surface area contributed by atoms with Crippen molar-refractivity contribution in [2.24, 2.45) is 0 Å². The number of ether oxygens (including phenoxy) is 1. The Morgan fingerprint density at radius 2 is 2.04 bits per heavy atom. The van der Waals surface area contributed by atoms with Crippen LogP contribution in [0, 0.1) is 0 Å². The molecule has 7 heteroatoms. The van der Waals surface area contributed by atoms with Gasteiger partial charge in [-0.2, -0.15) is 0 Å². The lowest BCUT2D eigenvalue weighted by molar-refractivity contribution is -0.122. The van der Waals surface area contributed by atoms with E-state index in [1.165, 1.54) is 16.7 Å². The average molecular weight is 334 g/mol. The molecule has 2 rings (SSSR count). The Labute approximate surface area is 138 Å². The highest BCUT2D eigenvalue weighted by Crippen LogP contribution is 2.19. The molecule has 1 unspecified atom stereocenters. The van der Waals surface area contributed by atoms with Crippen molar-refractivity contribution < 1.29 is 19.4 Å². The molecule has 0 aliphatic heterocycles. The standard InChI is InChI=1S/C16H18N2O4S/c1-10(11-3-5-12(22-2)6-4-11)15(19)17-8-7-14-18-13(9-23-14)16(20)21/h3-6,9-10H,7-8H2,1-2H3,(H,17,19)(H,20,21). The highest BCUT2D eigenvalue weighted by atomic mass is 32.1. The Bertz CT molecular complexity index is 682. The fourth-order valence-electron chi connectivity index (χ4n) is 2.01. The van der Waals surface area contributed by atoms with Gasteiger partial charge in [-0.15, -0.1) is 11.3 Å². The molecular formula is C16H18N2O4S. The van der Waals surface area contributed by atoms with Crippen LogP contribution in [-0.2, 0) is 11.2 Å². The fourth-order valence-corrected chi connectivity index (χ4v) is 2.79. The summed E-state index contributed by atoms with van der Waals surface area (Å²) < 4.78 is 5.09. The van der Waals surface area contributed by atoms with Crippen molar-refractivity contribution in [3.05, 3.63) is 45.9 Å². The Morgan fingerprint density at radius 3 is 2.61 bits per heavy atom. The number of carbonyl (C=O) groups is 2. The van der Waals surface area contributed by atoms with Gasteiger partial charge in [0.1, 0.15) is 5.75 Å². The lowest BCUT2D eigenvalue weighted by atomic mass is 10.0. The molecule has 0 saturated carbocycles. The first-order valence-electron chi connectivity index (χ1n) is 7.10. The van der Waals surface area contributed by atoms with Crippen molar-refractivity contribution in [1.29, 1.82) is 0 Å². The van der Waals surface area contributed by atoms with Crippen molar-refractivity contribution in [3.8, 4) is 5.75 Å². The third-order valence-electron chi connectivity index (χ3n) is 3.42. The van der Waals surface area contributed by atoms with Gasteiger partial charge in [-0.25, -0.2) is 9.78 Å². The molecule has 6 nitrogen and oxygen atoms in total. The molecule has 2 aromatic rings. The summed E-state index contributed by atoms with van der Waals surface area (Å²) in [4.78, 5) is 26.9. The highest BCUT2D eigenvalue weighted by Gasteiger charge is 2.15. The molecule has 0 aliphatic rings. The molecule has 0 radical (unpaired) electrons. The number of hydrogen-bond donors (Lipinski definition) is 2. The van der Waals surface area contributed by atoms with Gasteiger partial charge in [0.2, 0.25) is 5.91 Å². The quantitative estimate of drug-likeness (QED) is 0.811. The number of hydrogen-bond acceptors (Lipinski definition) is 5. The van der Waals surface area contributed by atoms with E-state index in [0.717, 1.165) is 11.3 Å². The van der Waals surface area contributed by atoms with Crippen LogP contribution in [-0.4, -0.2) is 35.6 Å². The fraction of sp³-hybridized carbons (Fsp3) is 0.312. The average Bonchev–Trinajstić information content (AvgIpc) is 3.03. The van der Waals surface area contributed by atoms with E-state index in [2.05, 4.69) is 10.3 Å². The van der Waals surface area contributed by atoms with E-state index in [0.29, 0.717) is 18.0 Å². The molecule has 122 valence electrons. The van der Waals surface area contributed by atoms with Gasteiger partial charge in [0, 0.05) is 18.3 Å². The number of aromatic nitrogens is 1. The SMILES string of the molecule is COc1ccc(C(C)C(=O)NCCc2nc(C(=O)O)cs2)cc1. The smallest absolute Gasteiger partial charge is 0.355 e. The number of carbonyl (C=O) groups excluding carboxylic acids is 1. The molecule has 1 amide bonds. The number of rotatable bonds is 7. The van der Waals surface area contributed by atoms with Gasteiger partial charge in [0.25, 0.3) is 0 Å². The Kier molecular flexibility index (Phi) is 5.70. The number of thiazole rings is 1. The van der Waals surface area contributed by atoms with Gasteiger partial charge in [-0.3, -0.25) is 4.79 Å². The molecule has 1 atom stereocenters. The second-order valence-corrected chi connectivity index (χ2v) is 5.91. The molecule has 1 heterocycles. The molecule has 1 aromatic carbocycles. The number of carboxylic acid groups (broad SMARTS) is 1. The van der Waals surface area contributed by atoms with E-state index >= 15 is 0 Å². The maximum absolute atomic E-state index is 12.1. The van der Waals surface area contributed by atoms with Crippen molar-refractivity contribution in [1.82, 2.24) is 10.3 Å². The zero-order chi connectivity index (χ0) is 16.8. The molecule has 2 N–H and O–H groups in total. The molecule has 0 fully saturated rings. The normalized spacial score (nSPS) is 11.7. The number of benzene rings is 1. The predicted molar refractivity (Wildman–Crippen MR) is 87.2 cm³/mol. The van der Waals surface area contributed by atoms with Crippen molar-refractivity contribution in [2.45, 2.75) is 19.3 Å². The minimum absolute atomic E-state index is 0.0444. The summed E-state index contributed by atoms with van der Waals surface area (Å²) >= 11 is 1.28. The summed E-state index contributed by atoms with van der Waals surface area (Å²) in [5.74, 6) is -0.638. The predicted octanol–water partition coefficient (Wildman–Crippen LogP) is 2.31. The maximum atomic E-state index is 12.1. The minimum atomic E-state index is -1.04. The summed E-state index contributed by atoms with van der Waals surface area (Å²) in [5.41, 5.74) is 0.952. The molecular weight excluding hydrogens is 316 g/mol. The molecule has 0 aliphatic carbocycles. The number of carboxylic acids is 1. The number of amides is 1. The number of aromatic carboxylic acids is 1. The first kappa shape index (κ1) is 17.0. The summed E-state index contributed by atoms with van der Waals surface area (Å²) in [7, 11) is 1.60. The number of nitrogens with zero attached hydrogens (tertiary/aromatic N) is 1. The first-order chi connectivity index (χ1) is 11.0. The summed E-state index contributed by atoms with van der Waals surface area (Å²) in [6.45, 7) is 2.26. The van der Waals surface area contributed by atoms with Gasteiger partial charge in [-0.1, -0.05) is 12.1 Å². The van der Waals surface area contributed by atoms with Crippen molar-refractivity contribution in [3.63, 3.8) is 0 Å². The van der Waals surface area contributed by atoms with E-state index in [9.17, 15) is 9.59 Å². The van der Waals surface area contributed by atoms with Crippen LogP contribution >= 0.6 is 11.3 Å². The topological polar surface area (TPSA) is 88.5 Å². The lowest BCUT2D eigenvalue weighted by Crippen LogP contribution is -2.29. The van der Waals surface area contributed by atoms with Crippen LogP contribution in [0.1, 0.15) is 33.9 Å². The van der Waals surface area contributed by atoms with Gasteiger partial charge in [-0.05, 0) is 24.6 Å². The van der Waals surface area contributed by atoms with Gasteiger partial charge >= 0.3 is 5.97 Å². The van der Waals surface area contributed by atoms with E-state index in [4.69, 9.17) is 9.84 Å². The summed E-state index contributed by atoms with van der Waals surface area (Å²) in [6, 6.07) is 7.37. The molecule has 0 saturated heterocycles. The van der Waals surface area contributed by atoms with E-state index in [-0.39, 0.29) is 17.5 Å². The van der Waals surface area contributed by atoms with Gasteiger partial charge < -0.3 is 15.2 Å². The van der Waals surface area contributed by atoms with Crippen LogP contribution in [0.2, 0.25) is 0 Å². The van der Waals surface area contributed by atoms with Crippen LogP contribution in [0.3, 0.4) is 0 Å². The molecule has 23 heavy (non-hydrogen) atoms. The van der Waals surface area contributed by atoms with Crippen molar-refractivity contribution in [2.75, 3.05) is 13.7 Å². The second-order valence-electron chi connectivity index (χ2n) is 4.97. The molecule has 0 spiro atoms. The van der Waals surface area contributed by atoms with Crippen molar-refractivity contribution >= 4 is 23.2 Å². The Balaban J connectivity index is 1.84. The third kappa shape index (κ3) is 4.53. The van der Waals surface area contributed by atoms with Crippen LogP contribution in [0.25, 0.3) is 0 Å². The largest absolute Gasteiger partial charge is 0.497 e. The second kappa shape index (κ2) is 7.73.